The van der Waals surface area contributed by atoms with E-state index in [0.29, 0.717) is 41.7 Å². The van der Waals surface area contributed by atoms with Crippen molar-refractivity contribution in [2.75, 3.05) is 6.54 Å². The summed E-state index contributed by atoms with van der Waals surface area (Å²) in [7, 11) is 0. The number of hydrogen-bond donors (Lipinski definition) is 1. The zero-order chi connectivity index (χ0) is 18.6. The number of ketones is 2. The Kier molecular flexibility index (Phi) is 6.02. The Morgan fingerprint density at radius 1 is 0.920 bits per heavy atom. The minimum Gasteiger partial charge on any atom is -0.356 e. The van der Waals surface area contributed by atoms with Gasteiger partial charge in [0.05, 0.1) is 0 Å². The van der Waals surface area contributed by atoms with Crippen LogP contribution in [0, 0.1) is 5.82 Å². The van der Waals surface area contributed by atoms with Gasteiger partial charge in [0, 0.05) is 35.3 Å². The van der Waals surface area contributed by atoms with Crippen LogP contribution < -0.4 is 5.32 Å². The molecule has 1 aromatic rings. The van der Waals surface area contributed by atoms with Gasteiger partial charge < -0.3 is 5.32 Å². The number of benzene rings is 1. The molecule has 1 amide bonds. The average Bonchev–Trinajstić information content (AvgIpc) is 2.60. The van der Waals surface area contributed by atoms with Gasteiger partial charge in [-0.05, 0) is 51.3 Å². The first-order valence-electron chi connectivity index (χ1n) is 8.29. The number of Topliss-reactive ketones (excluding diaryl/α,β-unsaturated/α-hetero) is 2. The minimum atomic E-state index is -0.303. The quantitative estimate of drug-likeness (QED) is 0.808. The van der Waals surface area contributed by atoms with Crippen molar-refractivity contribution in [3.63, 3.8) is 0 Å². The molecule has 0 saturated carbocycles. The summed E-state index contributed by atoms with van der Waals surface area (Å²) in [4.78, 5) is 36.3. The lowest BCUT2D eigenvalue weighted by molar-refractivity contribution is -0.121. The minimum absolute atomic E-state index is 0.102. The number of carbonyl (C=O) groups is 3. The van der Waals surface area contributed by atoms with Crippen molar-refractivity contribution < 1.29 is 18.8 Å². The number of carbonyl (C=O) groups excluding carboxylic acids is 3. The zero-order valence-corrected chi connectivity index (χ0v) is 14.7. The average molecular weight is 343 g/mol. The van der Waals surface area contributed by atoms with Crippen LogP contribution in [-0.4, -0.2) is 24.0 Å². The molecule has 0 aromatic heterocycles. The zero-order valence-electron chi connectivity index (χ0n) is 14.7. The molecule has 0 fully saturated rings. The van der Waals surface area contributed by atoms with Crippen LogP contribution in [0.2, 0.25) is 0 Å². The van der Waals surface area contributed by atoms with Crippen LogP contribution >= 0.6 is 0 Å². The molecule has 0 bridgehead atoms. The summed E-state index contributed by atoms with van der Waals surface area (Å²) in [6, 6.07) is 6.04. The van der Waals surface area contributed by atoms with Crippen LogP contribution in [0.3, 0.4) is 0 Å². The first kappa shape index (κ1) is 18.8. The molecule has 0 unspecified atom stereocenters. The van der Waals surface area contributed by atoms with Crippen LogP contribution in [0.5, 0.6) is 0 Å². The number of hydrogen-bond acceptors (Lipinski definition) is 3. The van der Waals surface area contributed by atoms with Gasteiger partial charge in [-0.1, -0.05) is 12.1 Å². The molecule has 1 N–H and O–H groups in total. The van der Waals surface area contributed by atoms with E-state index in [1.54, 1.807) is 32.9 Å². The Balaban J connectivity index is 1.84. The second-order valence-electron chi connectivity index (χ2n) is 6.24. The van der Waals surface area contributed by atoms with E-state index in [-0.39, 0.29) is 29.7 Å². The van der Waals surface area contributed by atoms with Crippen molar-refractivity contribution >= 4 is 17.5 Å². The van der Waals surface area contributed by atoms with E-state index in [9.17, 15) is 18.8 Å². The number of halogens is 1. The SMILES string of the molecule is CC1=C(C)C(=O)C(CCNC(=O)CCc2ccc(F)cc2)=C(C)C1=O. The Labute approximate surface area is 146 Å². The van der Waals surface area contributed by atoms with Gasteiger partial charge in [0.15, 0.2) is 11.6 Å². The van der Waals surface area contributed by atoms with Crippen LogP contribution in [0.15, 0.2) is 46.6 Å². The summed E-state index contributed by atoms with van der Waals surface area (Å²) in [5.41, 5.74) is 2.81. The molecule has 0 aliphatic heterocycles. The highest BCUT2D eigenvalue weighted by Gasteiger charge is 2.27. The summed E-state index contributed by atoms with van der Waals surface area (Å²) in [5, 5.41) is 2.77. The molecule has 0 saturated heterocycles. The van der Waals surface area contributed by atoms with Gasteiger partial charge in [-0.2, -0.15) is 0 Å². The lowest BCUT2D eigenvalue weighted by Gasteiger charge is -2.18. The summed E-state index contributed by atoms with van der Waals surface area (Å²) in [6.45, 7) is 5.28. The van der Waals surface area contributed by atoms with Gasteiger partial charge in [-0.15, -0.1) is 0 Å². The molecule has 1 aliphatic rings. The fourth-order valence-electron chi connectivity index (χ4n) is 2.78. The third-order valence-corrected chi connectivity index (χ3v) is 4.56. The third-order valence-electron chi connectivity index (χ3n) is 4.56. The van der Waals surface area contributed by atoms with E-state index in [4.69, 9.17) is 0 Å². The lowest BCUT2D eigenvalue weighted by atomic mass is 9.84. The molecule has 0 atom stereocenters. The number of rotatable bonds is 6. The first-order valence-corrected chi connectivity index (χ1v) is 8.29. The van der Waals surface area contributed by atoms with Gasteiger partial charge in [0.1, 0.15) is 5.82 Å². The largest absolute Gasteiger partial charge is 0.356 e. The van der Waals surface area contributed by atoms with Gasteiger partial charge in [0.2, 0.25) is 5.91 Å². The van der Waals surface area contributed by atoms with E-state index in [2.05, 4.69) is 5.32 Å². The number of nitrogens with one attached hydrogen (secondary N) is 1. The van der Waals surface area contributed by atoms with E-state index >= 15 is 0 Å². The van der Waals surface area contributed by atoms with Crippen molar-refractivity contribution in [2.24, 2.45) is 0 Å². The predicted octanol–water partition coefficient (Wildman–Crippen LogP) is 3.07. The van der Waals surface area contributed by atoms with E-state index < -0.39 is 0 Å². The van der Waals surface area contributed by atoms with Crippen molar-refractivity contribution in [1.82, 2.24) is 5.32 Å². The van der Waals surface area contributed by atoms with Crippen LogP contribution in [0.1, 0.15) is 39.2 Å². The van der Waals surface area contributed by atoms with Crippen molar-refractivity contribution in [3.8, 4) is 0 Å². The molecule has 1 aromatic carbocycles. The Hall–Kier alpha value is -2.56. The Bertz CT molecular complexity index is 773. The Morgan fingerprint density at radius 3 is 2.16 bits per heavy atom. The van der Waals surface area contributed by atoms with Gasteiger partial charge in [-0.25, -0.2) is 4.39 Å². The molecular formula is C20H22FNO3. The lowest BCUT2D eigenvalue weighted by Crippen LogP contribution is -2.28. The van der Waals surface area contributed by atoms with Crippen LogP contribution in [-0.2, 0) is 20.8 Å². The Morgan fingerprint density at radius 2 is 1.52 bits per heavy atom. The number of allylic oxidation sites excluding steroid dienone is 3. The molecule has 5 heteroatoms. The summed E-state index contributed by atoms with van der Waals surface area (Å²) < 4.78 is 12.8. The highest BCUT2D eigenvalue weighted by atomic mass is 19.1. The second kappa shape index (κ2) is 8.01. The maximum atomic E-state index is 12.8. The molecule has 1 aliphatic carbocycles. The third kappa shape index (κ3) is 4.50. The van der Waals surface area contributed by atoms with Gasteiger partial charge in [-0.3, -0.25) is 14.4 Å². The first-order chi connectivity index (χ1) is 11.8. The molecule has 132 valence electrons. The standard InChI is InChI=1S/C20H22FNO3/c1-12-13(2)20(25)17(14(3)19(12)24)10-11-22-18(23)9-6-15-4-7-16(21)8-5-15/h4-5,7-8H,6,9-11H2,1-3H3,(H,22,23). The molecule has 25 heavy (non-hydrogen) atoms. The van der Waals surface area contributed by atoms with Crippen molar-refractivity contribution in [1.29, 1.82) is 0 Å². The monoisotopic (exact) mass is 343 g/mol. The smallest absolute Gasteiger partial charge is 0.220 e. The summed E-state index contributed by atoms with van der Waals surface area (Å²) in [6.07, 6.45) is 1.14. The van der Waals surface area contributed by atoms with Crippen molar-refractivity contribution in [3.05, 3.63) is 57.9 Å². The second-order valence-corrected chi connectivity index (χ2v) is 6.24. The topological polar surface area (TPSA) is 63.2 Å². The predicted molar refractivity (Wildman–Crippen MR) is 93.4 cm³/mol. The van der Waals surface area contributed by atoms with E-state index in [1.807, 2.05) is 0 Å². The molecule has 0 spiro atoms. The van der Waals surface area contributed by atoms with Crippen LogP contribution in [0.25, 0.3) is 0 Å². The highest BCUT2D eigenvalue weighted by molar-refractivity contribution is 6.24. The molecular weight excluding hydrogens is 321 g/mol. The van der Waals surface area contributed by atoms with Crippen molar-refractivity contribution in [2.45, 2.75) is 40.0 Å². The van der Waals surface area contributed by atoms with Crippen LogP contribution in [0.4, 0.5) is 4.39 Å². The summed E-state index contributed by atoms with van der Waals surface area (Å²) >= 11 is 0. The molecule has 4 nitrogen and oxygen atoms in total. The highest BCUT2D eigenvalue weighted by Crippen LogP contribution is 2.25. The number of aryl methyl sites for hydroxylation is 1. The van der Waals surface area contributed by atoms with E-state index in [0.717, 1.165) is 5.56 Å². The number of amides is 1. The molecule has 0 radical (unpaired) electrons. The van der Waals surface area contributed by atoms with Gasteiger partial charge >= 0.3 is 0 Å². The fraction of sp³-hybridized carbons (Fsp3) is 0.350. The maximum Gasteiger partial charge on any atom is 0.220 e. The normalized spacial score (nSPS) is 15.0. The fourth-order valence-corrected chi connectivity index (χ4v) is 2.78. The summed E-state index contributed by atoms with van der Waals surface area (Å²) in [5.74, 6) is -0.659. The van der Waals surface area contributed by atoms with Gasteiger partial charge in [0.25, 0.3) is 0 Å². The molecule has 2 rings (SSSR count). The molecule has 0 heterocycles. The van der Waals surface area contributed by atoms with E-state index in [1.165, 1.54) is 12.1 Å². The maximum absolute atomic E-state index is 12.8.